The van der Waals surface area contributed by atoms with Gasteiger partial charge < -0.3 is 16.2 Å². The molecule has 9 atom stereocenters. The van der Waals surface area contributed by atoms with Gasteiger partial charge in [0.05, 0.1) is 12.7 Å². The lowest BCUT2D eigenvalue weighted by Gasteiger charge is -2.65. The second kappa shape index (κ2) is 10.7. The summed E-state index contributed by atoms with van der Waals surface area (Å²) >= 11 is 0. The fraction of sp³-hybridized carbons (Fsp3) is 0.778. The van der Waals surface area contributed by atoms with E-state index in [1.807, 2.05) is 18.2 Å². The lowest BCUT2D eigenvalue weighted by Crippen LogP contribution is -2.59. The van der Waals surface area contributed by atoms with E-state index in [0.717, 1.165) is 52.4 Å². The van der Waals surface area contributed by atoms with Gasteiger partial charge in [0.2, 0.25) is 0 Å². The van der Waals surface area contributed by atoms with Crippen LogP contribution >= 0.6 is 0 Å². The van der Waals surface area contributed by atoms with Crippen molar-refractivity contribution in [2.24, 2.45) is 51.8 Å². The first-order chi connectivity index (χ1) is 18.4. The Balaban J connectivity index is 1.28. The molecule has 0 amide bonds. The minimum absolute atomic E-state index is 0.183. The molecule has 1 aromatic rings. The summed E-state index contributed by atoms with van der Waals surface area (Å²) in [7, 11) is 0. The Bertz CT molecular complexity index is 1040. The zero-order valence-electron chi connectivity index (χ0n) is 26.2. The van der Waals surface area contributed by atoms with Crippen LogP contribution in [-0.4, -0.2) is 6.10 Å². The summed E-state index contributed by atoms with van der Waals surface area (Å²) in [6, 6.07) is 5.85. The van der Waals surface area contributed by atoms with Crippen molar-refractivity contribution < 1.29 is 4.74 Å². The molecule has 3 heteroatoms. The van der Waals surface area contributed by atoms with Crippen molar-refractivity contribution in [1.82, 2.24) is 0 Å². The predicted molar refractivity (Wildman–Crippen MR) is 166 cm³/mol. The molecular weight excluding hydrogens is 476 g/mol. The molecule has 5 rings (SSSR count). The summed E-state index contributed by atoms with van der Waals surface area (Å²) in [6.07, 6.45) is 16.5. The van der Waals surface area contributed by atoms with Crippen LogP contribution in [0.25, 0.3) is 0 Å². The van der Waals surface area contributed by atoms with Crippen molar-refractivity contribution in [3.63, 3.8) is 0 Å². The summed E-state index contributed by atoms with van der Waals surface area (Å²) in [5.74, 6) is 5.27. The number of benzene rings is 1. The van der Waals surface area contributed by atoms with E-state index < -0.39 is 0 Å². The number of hydrogen-bond acceptors (Lipinski definition) is 3. The van der Waals surface area contributed by atoms with Crippen LogP contribution in [0, 0.1) is 51.8 Å². The van der Waals surface area contributed by atoms with Crippen molar-refractivity contribution >= 4 is 11.4 Å². The Morgan fingerprint density at radius 1 is 0.897 bits per heavy atom. The average Bonchev–Trinajstić information content (AvgIpc) is 3.20. The molecule has 0 aliphatic heterocycles. The van der Waals surface area contributed by atoms with Crippen molar-refractivity contribution in [1.29, 1.82) is 0 Å². The maximum atomic E-state index is 6.68. The van der Waals surface area contributed by atoms with Gasteiger partial charge in [-0.2, -0.15) is 0 Å². The Hall–Kier alpha value is -1.48. The molecule has 4 saturated carbocycles. The maximum Gasteiger partial charge on any atom is 0.0722 e. The lowest BCUT2D eigenvalue weighted by atomic mass is 9.41. The molecule has 1 aromatic carbocycles. The van der Waals surface area contributed by atoms with Crippen LogP contribution in [-0.2, 0) is 11.3 Å². The van der Waals surface area contributed by atoms with Crippen LogP contribution < -0.4 is 11.5 Å². The quantitative estimate of drug-likeness (QED) is 0.270. The van der Waals surface area contributed by atoms with Crippen molar-refractivity contribution in [2.45, 2.75) is 125 Å². The topological polar surface area (TPSA) is 61.3 Å². The Morgan fingerprint density at radius 3 is 2.26 bits per heavy atom. The summed E-state index contributed by atoms with van der Waals surface area (Å²) in [5, 5.41) is 0. The lowest BCUT2D eigenvalue weighted by molar-refractivity contribution is -0.193. The minimum atomic E-state index is 0.183. The Kier molecular flexibility index (Phi) is 7.99. The average molecular weight is 535 g/mol. The van der Waals surface area contributed by atoms with Gasteiger partial charge in [-0.25, -0.2) is 0 Å². The molecular formula is C36H58N2O. The third kappa shape index (κ3) is 5.20. The molecule has 0 aromatic heterocycles. The van der Waals surface area contributed by atoms with Crippen molar-refractivity contribution in [3.8, 4) is 0 Å². The van der Waals surface area contributed by atoms with E-state index in [0.29, 0.717) is 23.5 Å². The van der Waals surface area contributed by atoms with Gasteiger partial charge >= 0.3 is 0 Å². The minimum Gasteiger partial charge on any atom is -0.399 e. The molecule has 39 heavy (non-hydrogen) atoms. The summed E-state index contributed by atoms with van der Waals surface area (Å²) in [6.45, 7) is 18.1. The van der Waals surface area contributed by atoms with Gasteiger partial charge in [0.15, 0.2) is 0 Å². The molecule has 3 nitrogen and oxygen atoms in total. The monoisotopic (exact) mass is 534 g/mol. The zero-order valence-corrected chi connectivity index (χ0v) is 26.2. The number of anilines is 2. The normalized spacial score (nSPS) is 39.8. The number of nitrogen functional groups attached to an aromatic ring is 2. The van der Waals surface area contributed by atoms with Gasteiger partial charge in [-0.3, -0.25) is 0 Å². The second-order valence-electron chi connectivity index (χ2n) is 15.7. The van der Waals surface area contributed by atoms with Gasteiger partial charge in [0, 0.05) is 11.4 Å². The first-order valence-electron chi connectivity index (χ1n) is 16.3. The number of rotatable bonds is 7. The number of allylic oxidation sites excluding steroid dienone is 2. The molecule has 4 fully saturated rings. The van der Waals surface area contributed by atoms with Crippen LogP contribution in [0.4, 0.5) is 11.4 Å². The van der Waals surface area contributed by atoms with E-state index in [9.17, 15) is 0 Å². The molecule has 9 unspecified atom stereocenters. The summed E-state index contributed by atoms with van der Waals surface area (Å²) < 4.78 is 6.68. The molecule has 0 radical (unpaired) electrons. The van der Waals surface area contributed by atoms with Gasteiger partial charge in [-0.15, -0.1) is 0 Å². The number of nitrogens with two attached hydrogens (primary N) is 2. The Morgan fingerprint density at radius 2 is 1.56 bits per heavy atom. The van der Waals surface area contributed by atoms with E-state index in [4.69, 9.17) is 16.2 Å². The highest BCUT2D eigenvalue weighted by molar-refractivity contribution is 5.54. The van der Waals surface area contributed by atoms with Crippen LogP contribution in [0.15, 0.2) is 29.8 Å². The largest absolute Gasteiger partial charge is 0.399 e. The Labute approximate surface area is 239 Å². The van der Waals surface area contributed by atoms with Crippen molar-refractivity contribution in [3.05, 3.63) is 35.4 Å². The smallest absolute Gasteiger partial charge is 0.0722 e. The third-order valence-corrected chi connectivity index (χ3v) is 13.0. The van der Waals surface area contributed by atoms with Crippen LogP contribution in [0.1, 0.15) is 118 Å². The SMILES string of the molecule is CC(C)=CCCC(C)C1CCC2C3CCC4C(C)(C)C(OCc5cc(N)cc(N)c5)CCC4(C)C3CCC12C. The highest BCUT2D eigenvalue weighted by Crippen LogP contribution is 2.70. The summed E-state index contributed by atoms with van der Waals surface area (Å²) in [4.78, 5) is 0. The molecule has 0 heterocycles. The van der Waals surface area contributed by atoms with Gasteiger partial charge in [0.1, 0.15) is 0 Å². The fourth-order valence-corrected chi connectivity index (χ4v) is 11.2. The highest BCUT2D eigenvalue weighted by atomic mass is 16.5. The summed E-state index contributed by atoms with van der Waals surface area (Å²) in [5.41, 5.74) is 17.3. The van der Waals surface area contributed by atoms with Crippen LogP contribution in [0.3, 0.4) is 0 Å². The molecule has 218 valence electrons. The zero-order chi connectivity index (χ0) is 28.2. The second-order valence-corrected chi connectivity index (χ2v) is 15.7. The number of fused-ring (bicyclic) bond motifs is 5. The maximum absolute atomic E-state index is 6.68. The molecule has 4 aliphatic carbocycles. The first kappa shape index (κ1) is 29.0. The van der Waals surface area contributed by atoms with Crippen molar-refractivity contribution in [2.75, 3.05) is 11.5 Å². The van der Waals surface area contributed by atoms with E-state index >= 15 is 0 Å². The van der Waals surface area contributed by atoms with Gasteiger partial charge in [-0.05, 0) is 154 Å². The molecule has 0 spiro atoms. The van der Waals surface area contributed by atoms with E-state index in [2.05, 4.69) is 54.5 Å². The first-order valence-corrected chi connectivity index (χ1v) is 16.3. The van der Waals surface area contributed by atoms with Gasteiger partial charge in [-0.1, -0.05) is 46.3 Å². The fourth-order valence-electron chi connectivity index (χ4n) is 11.2. The van der Waals surface area contributed by atoms with Gasteiger partial charge in [0.25, 0.3) is 0 Å². The molecule has 0 saturated heterocycles. The van der Waals surface area contributed by atoms with E-state index in [-0.39, 0.29) is 5.41 Å². The molecule has 4 aliphatic rings. The predicted octanol–water partition coefficient (Wildman–Crippen LogP) is 9.41. The molecule has 4 N–H and O–H groups in total. The van der Waals surface area contributed by atoms with Crippen LogP contribution in [0.2, 0.25) is 0 Å². The van der Waals surface area contributed by atoms with E-state index in [1.54, 1.807) is 0 Å². The molecule has 0 bridgehead atoms. The number of hydrogen-bond donors (Lipinski definition) is 2. The van der Waals surface area contributed by atoms with Crippen LogP contribution in [0.5, 0.6) is 0 Å². The van der Waals surface area contributed by atoms with E-state index in [1.165, 1.54) is 69.8 Å². The number of ether oxygens (including phenoxy) is 1. The standard InChI is InChI=1S/C36H58N2O/c1-23(2)9-8-10-24(3)29-12-13-30-28-11-14-32-34(4,5)33(39-22-25-19-26(37)21-27(38)20-25)16-18-36(32,7)31(28)15-17-35(29,30)6/h9,19-21,24,28-33H,8,10-18,22,37-38H2,1-7H3. The highest BCUT2D eigenvalue weighted by Gasteiger charge is 2.63. The third-order valence-electron chi connectivity index (χ3n) is 13.0.